The quantitative estimate of drug-likeness (QED) is 0.691. The van der Waals surface area contributed by atoms with E-state index < -0.39 is 0 Å². The van der Waals surface area contributed by atoms with Crippen LogP contribution in [0, 0.1) is 11.8 Å². The van der Waals surface area contributed by atoms with E-state index >= 15 is 0 Å². The number of nitrogens with zero attached hydrogens (tertiary/aromatic N) is 2. The molecule has 5 nitrogen and oxygen atoms in total. The zero-order chi connectivity index (χ0) is 20.7. The molecule has 1 saturated heterocycles. The summed E-state index contributed by atoms with van der Waals surface area (Å²) in [6.07, 6.45) is 15.3. The van der Waals surface area contributed by atoms with Crippen molar-refractivity contribution in [2.75, 3.05) is 13.1 Å². The number of carbonyl (C=O) groups is 1. The van der Waals surface area contributed by atoms with Crippen LogP contribution in [-0.2, 0) is 4.79 Å². The highest BCUT2D eigenvalue weighted by Gasteiger charge is 2.44. The monoisotopic (exact) mass is 414 g/mol. The summed E-state index contributed by atoms with van der Waals surface area (Å²) in [6, 6.07) is 2.04. The number of allylic oxidation sites excluding steroid dienone is 1. The SMILES string of the molecule is CC1=C(C(=O)N(C2CC2)C2CCC3NNCC3C2)CC(C)N1CCC1CCCCC1. The predicted molar refractivity (Wildman–Crippen MR) is 121 cm³/mol. The maximum Gasteiger partial charge on any atom is 0.252 e. The van der Waals surface area contributed by atoms with Gasteiger partial charge in [-0.05, 0) is 70.6 Å². The average Bonchev–Trinajstić information content (AvgIpc) is 3.40. The molecule has 0 aromatic carbocycles. The zero-order valence-electron chi connectivity index (χ0n) is 19.2. The van der Waals surface area contributed by atoms with Gasteiger partial charge in [0.2, 0.25) is 0 Å². The topological polar surface area (TPSA) is 47.6 Å². The summed E-state index contributed by atoms with van der Waals surface area (Å²) in [5, 5.41) is 0. The van der Waals surface area contributed by atoms with E-state index in [1.807, 2.05) is 0 Å². The molecule has 4 unspecified atom stereocenters. The molecule has 0 aromatic heterocycles. The number of nitrogens with one attached hydrogen (secondary N) is 2. The smallest absolute Gasteiger partial charge is 0.252 e. The van der Waals surface area contributed by atoms with Gasteiger partial charge >= 0.3 is 0 Å². The highest BCUT2D eigenvalue weighted by atomic mass is 16.2. The zero-order valence-corrected chi connectivity index (χ0v) is 19.2. The van der Waals surface area contributed by atoms with E-state index in [-0.39, 0.29) is 0 Å². The minimum atomic E-state index is 0.379. The van der Waals surface area contributed by atoms with Gasteiger partial charge in [0.05, 0.1) is 0 Å². The second-order valence-electron chi connectivity index (χ2n) is 10.9. The standard InChI is InChI=1S/C25H42N4O/c1-17-14-23(18(2)28(17)13-12-19-6-4-3-5-7-19)25(30)29(21-8-9-21)22-10-11-24-20(15-22)16-26-27-24/h17,19-22,24,26-27H,3-16H2,1-2H3. The maximum absolute atomic E-state index is 13.8. The van der Waals surface area contributed by atoms with Crippen LogP contribution in [0.1, 0.15) is 90.9 Å². The summed E-state index contributed by atoms with van der Waals surface area (Å²) in [6.45, 7) is 6.75. The van der Waals surface area contributed by atoms with Crippen molar-refractivity contribution < 1.29 is 4.79 Å². The number of amides is 1. The lowest BCUT2D eigenvalue weighted by Gasteiger charge is -2.39. The Balaban J connectivity index is 1.26. The van der Waals surface area contributed by atoms with Gasteiger partial charge in [-0.2, -0.15) is 0 Å². The predicted octanol–water partition coefficient (Wildman–Crippen LogP) is 3.96. The van der Waals surface area contributed by atoms with Gasteiger partial charge in [0.15, 0.2) is 0 Å². The molecule has 3 aliphatic carbocycles. The number of hydrazine groups is 1. The summed E-state index contributed by atoms with van der Waals surface area (Å²) in [7, 11) is 0. The molecule has 2 heterocycles. The summed E-state index contributed by atoms with van der Waals surface area (Å²) < 4.78 is 0. The van der Waals surface area contributed by atoms with Gasteiger partial charge in [-0.25, -0.2) is 0 Å². The number of fused-ring (bicyclic) bond motifs is 1. The van der Waals surface area contributed by atoms with Gasteiger partial charge in [0, 0.05) is 48.5 Å². The van der Waals surface area contributed by atoms with E-state index in [0.29, 0.717) is 36.0 Å². The van der Waals surface area contributed by atoms with Crippen LogP contribution < -0.4 is 10.9 Å². The number of carbonyl (C=O) groups excluding carboxylic acids is 1. The molecule has 1 amide bonds. The lowest BCUT2D eigenvalue weighted by molar-refractivity contribution is -0.131. The largest absolute Gasteiger partial charge is 0.372 e. The first-order chi connectivity index (χ1) is 14.6. The second-order valence-corrected chi connectivity index (χ2v) is 10.9. The lowest BCUT2D eigenvalue weighted by atomic mass is 9.82. The normalized spacial score (nSPS) is 35.1. The lowest BCUT2D eigenvalue weighted by Crippen LogP contribution is -2.48. The fourth-order valence-electron chi connectivity index (χ4n) is 6.85. The third-order valence-electron chi connectivity index (χ3n) is 8.83. The molecule has 0 spiro atoms. The third-order valence-corrected chi connectivity index (χ3v) is 8.83. The van der Waals surface area contributed by atoms with Crippen molar-refractivity contribution in [2.24, 2.45) is 11.8 Å². The molecule has 2 aliphatic heterocycles. The van der Waals surface area contributed by atoms with Crippen molar-refractivity contribution in [1.29, 1.82) is 0 Å². The summed E-state index contributed by atoms with van der Waals surface area (Å²) in [5.41, 5.74) is 9.19. The van der Waals surface area contributed by atoms with E-state index in [1.165, 1.54) is 69.9 Å². The van der Waals surface area contributed by atoms with E-state index in [9.17, 15) is 4.79 Å². The van der Waals surface area contributed by atoms with Crippen molar-refractivity contribution in [1.82, 2.24) is 20.7 Å². The molecular formula is C25H42N4O. The fraction of sp³-hybridized carbons (Fsp3) is 0.880. The Bertz CT molecular complexity index is 666. The molecule has 2 N–H and O–H groups in total. The number of rotatable bonds is 6. The molecular weight excluding hydrogens is 372 g/mol. The summed E-state index contributed by atoms with van der Waals surface area (Å²) >= 11 is 0. The molecule has 5 rings (SSSR count). The third kappa shape index (κ3) is 4.17. The molecule has 5 aliphatic rings. The second kappa shape index (κ2) is 8.82. The van der Waals surface area contributed by atoms with E-state index in [4.69, 9.17) is 0 Å². The van der Waals surface area contributed by atoms with Crippen molar-refractivity contribution in [3.05, 3.63) is 11.3 Å². The van der Waals surface area contributed by atoms with Crippen LogP contribution in [0.5, 0.6) is 0 Å². The maximum atomic E-state index is 13.8. The number of hydrogen-bond donors (Lipinski definition) is 2. The molecule has 3 saturated carbocycles. The Morgan fingerprint density at radius 3 is 2.60 bits per heavy atom. The van der Waals surface area contributed by atoms with Gasteiger partial charge in [0.1, 0.15) is 0 Å². The van der Waals surface area contributed by atoms with Gasteiger partial charge in [-0.15, -0.1) is 0 Å². The molecule has 4 atom stereocenters. The fourth-order valence-corrected chi connectivity index (χ4v) is 6.85. The Hall–Kier alpha value is -1.07. The molecule has 30 heavy (non-hydrogen) atoms. The van der Waals surface area contributed by atoms with Crippen LogP contribution in [0.3, 0.4) is 0 Å². The van der Waals surface area contributed by atoms with Crippen LogP contribution in [-0.4, -0.2) is 53.0 Å². The van der Waals surface area contributed by atoms with Gasteiger partial charge in [-0.3, -0.25) is 15.6 Å². The van der Waals surface area contributed by atoms with E-state index in [2.05, 4.69) is 34.5 Å². The molecule has 0 radical (unpaired) electrons. The van der Waals surface area contributed by atoms with Crippen LogP contribution >= 0.6 is 0 Å². The summed E-state index contributed by atoms with van der Waals surface area (Å²) in [4.78, 5) is 18.8. The van der Waals surface area contributed by atoms with Crippen LogP contribution in [0.15, 0.2) is 11.3 Å². The van der Waals surface area contributed by atoms with Crippen LogP contribution in [0.25, 0.3) is 0 Å². The molecule has 0 bridgehead atoms. The van der Waals surface area contributed by atoms with Gasteiger partial charge in [-0.1, -0.05) is 32.1 Å². The molecule has 4 fully saturated rings. The van der Waals surface area contributed by atoms with Crippen molar-refractivity contribution in [2.45, 2.75) is 115 Å². The average molecular weight is 415 g/mol. The highest BCUT2D eigenvalue weighted by Crippen LogP contribution is 2.40. The minimum absolute atomic E-state index is 0.379. The Kier molecular flexibility index (Phi) is 6.12. The van der Waals surface area contributed by atoms with Crippen LogP contribution in [0.4, 0.5) is 0 Å². The molecule has 0 aromatic rings. The Morgan fingerprint density at radius 2 is 1.83 bits per heavy atom. The van der Waals surface area contributed by atoms with Crippen molar-refractivity contribution in [3.63, 3.8) is 0 Å². The minimum Gasteiger partial charge on any atom is -0.372 e. The van der Waals surface area contributed by atoms with Crippen LogP contribution in [0.2, 0.25) is 0 Å². The summed E-state index contributed by atoms with van der Waals surface area (Å²) in [5.74, 6) is 1.97. The highest BCUT2D eigenvalue weighted by molar-refractivity contribution is 5.95. The van der Waals surface area contributed by atoms with E-state index in [1.54, 1.807) is 0 Å². The van der Waals surface area contributed by atoms with Crippen molar-refractivity contribution >= 4 is 5.91 Å². The first kappa shape index (κ1) is 20.8. The number of hydrogen-bond acceptors (Lipinski definition) is 4. The Morgan fingerprint density at radius 1 is 1.07 bits per heavy atom. The van der Waals surface area contributed by atoms with E-state index in [0.717, 1.165) is 37.4 Å². The first-order valence-corrected chi connectivity index (χ1v) is 12.9. The van der Waals surface area contributed by atoms with Gasteiger partial charge in [0.25, 0.3) is 5.91 Å². The molecule has 5 heteroatoms. The Labute approximate surface area is 183 Å². The van der Waals surface area contributed by atoms with Gasteiger partial charge < -0.3 is 9.80 Å². The first-order valence-electron chi connectivity index (χ1n) is 12.9. The molecule has 168 valence electrons. The van der Waals surface area contributed by atoms with Crippen molar-refractivity contribution in [3.8, 4) is 0 Å².